The van der Waals surface area contributed by atoms with Crippen LogP contribution in [0.25, 0.3) is 5.69 Å². The van der Waals surface area contributed by atoms with E-state index in [0.29, 0.717) is 5.56 Å². The summed E-state index contributed by atoms with van der Waals surface area (Å²) in [6.45, 7) is 0. The van der Waals surface area contributed by atoms with E-state index in [9.17, 15) is 9.18 Å². The molecule has 3 nitrogen and oxygen atoms in total. The monoisotopic (exact) mass is 492 g/mol. The van der Waals surface area contributed by atoms with Crippen LogP contribution in [0.1, 0.15) is 33.1 Å². The van der Waals surface area contributed by atoms with Crippen molar-refractivity contribution < 1.29 is 9.18 Å². The molecule has 0 spiro atoms. The molecule has 1 amide bonds. The van der Waals surface area contributed by atoms with Crippen LogP contribution in [0, 0.1) is 5.82 Å². The SMILES string of the molecule is O=C(NC(c1ccc(F)cc1)c1ccc(SCc2ccccc2)cc1)c1ccccc1-n1cccc1. The average molecular weight is 493 g/mol. The molecule has 0 bridgehead atoms. The first-order valence-corrected chi connectivity index (χ1v) is 12.7. The molecule has 4 aromatic carbocycles. The third kappa shape index (κ3) is 5.58. The zero-order chi connectivity index (χ0) is 24.7. The summed E-state index contributed by atoms with van der Waals surface area (Å²) >= 11 is 1.76. The quantitative estimate of drug-likeness (QED) is 0.229. The molecule has 1 atom stereocenters. The van der Waals surface area contributed by atoms with Crippen molar-refractivity contribution in [2.45, 2.75) is 16.7 Å². The summed E-state index contributed by atoms with van der Waals surface area (Å²) in [5, 5.41) is 3.18. The summed E-state index contributed by atoms with van der Waals surface area (Å²) in [7, 11) is 0. The Hall–Kier alpha value is -4.09. The molecule has 178 valence electrons. The molecule has 36 heavy (non-hydrogen) atoms. The Morgan fingerprint density at radius 2 is 1.36 bits per heavy atom. The third-order valence-electron chi connectivity index (χ3n) is 5.97. The Balaban J connectivity index is 1.40. The molecule has 1 heterocycles. The first-order chi connectivity index (χ1) is 17.7. The van der Waals surface area contributed by atoms with Crippen LogP contribution in [-0.4, -0.2) is 10.5 Å². The summed E-state index contributed by atoms with van der Waals surface area (Å²) in [4.78, 5) is 14.7. The fourth-order valence-electron chi connectivity index (χ4n) is 4.11. The van der Waals surface area contributed by atoms with E-state index in [0.717, 1.165) is 27.5 Å². The van der Waals surface area contributed by atoms with Crippen LogP contribution in [0.3, 0.4) is 0 Å². The first-order valence-electron chi connectivity index (χ1n) is 11.7. The van der Waals surface area contributed by atoms with Gasteiger partial charge < -0.3 is 9.88 Å². The van der Waals surface area contributed by atoms with Crippen LogP contribution in [0.2, 0.25) is 0 Å². The van der Waals surface area contributed by atoms with Gasteiger partial charge in [-0.15, -0.1) is 11.8 Å². The number of hydrogen-bond acceptors (Lipinski definition) is 2. The second-order valence-corrected chi connectivity index (χ2v) is 9.46. The van der Waals surface area contributed by atoms with Crippen LogP contribution in [0.5, 0.6) is 0 Å². The molecule has 1 aromatic heterocycles. The summed E-state index contributed by atoms with van der Waals surface area (Å²) < 4.78 is 15.6. The van der Waals surface area contributed by atoms with Crippen LogP contribution >= 0.6 is 11.8 Å². The number of hydrogen-bond donors (Lipinski definition) is 1. The zero-order valence-corrected chi connectivity index (χ0v) is 20.4. The van der Waals surface area contributed by atoms with E-state index < -0.39 is 6.04 Å². The molecule has 1 unspecified atom stereocenters. The minimum absolute atomic E-state index is 0.198. The topological polar surface area (TPSA) is 34.0 Å². The minimum Gasteiger partial charge on any atom is -0.341 e. The number of halogens is 1. The molecule has 5 heteroatoms. The molecule has 0 radical (unpaired) electrons. The van der Waals surface area contributed by atoms with Gasteiger partial charge in [-0.3, -0.25) is 4.79 Å². The molecule has 1 N–H and O–H groups in total. The number of carbonyl (C=O) groups excluding carboxylic acids is 1. The molecule has 0 aliphatic rings. The Morgan fingerprint density at radius 1 is 0.750 bits per heavy atom. The maximum absolute atomic E-state index is 13.7. The van der Waals surface area contributed by atoms with Crippen LogP contribution in [0.15, 0.2) is 133 Å². The normalized spacial score (nSPS) is 11.7. The number of amides is 1. The molecular formula is C31H25FN2OS. The van der Waals surface area contributed by atoms with Gasteiger partial charge in [0.15, 0.2) is 0 Å². The van der Waals surface area contributed by atoms with Crippen molar-refractivity contribution >= 4 is 17.7 Å². The lowest BCUT2D eigenvalue weighted by atomic mass is 9.98. The first kappa shape index (κ1) is 23.6. The molecule has 0 saturated carbocycles. The fraction of sp³-hybridized carbons (Fsp3) is 0.0645. The lowest BCUT2D eigenvalue weighted by Gasteiger charge is -2.21. The van der Waals surface area contributed by atoms with Gasteiger partial charge in [0.2, 0.25) is 0 Å². The second-order valence-electron chi connectivity index (χ2n) is 8.41. The number of aromatic nitrogens is 1. The van der Waals surface area contributed by atoms with Crippen molar-refractivity contribution in [2.75, 3.05) is 0 Å². The molecule has 0 aliphatic heterocycles. The largest absolute Gasteiger partial charge is 0.341 e. The smallest absolute Gasteiger partial charge is 0.254 e. The highest BCUT2D eigenvalue weighted by molar-refractivity contribution is 7.98. The summed E-state index contributed by atoms with van der Waals surface area (Å²) in [5.41, 5.74) is 4.37. The zero-order valence-electron chi connectivity index (χ0n) is 19.6. The number of nitrogens with one attached hydrogen (secondary N) is 1. The van der Waals surface area contributed by atoms with E-state index in [2.05, 4.69) is 29.6 Å². The number of para-hydroxylation sites is 1. The number of rotatable bonds is 8. The van der Waals surface area contributed by atoms with Crippen LogP contribution < -0.4 is 5.32 Å². The van der Waals surface area contributed by atoms with E-state index in [1.807, 2.05) is 83.7 Å². The lowest BCUT2D eigenvalue weighted by molar-refractivity contribution is 0.0943. The molecule has 0 fully saturated rings. The highest BCUT2D eigenvalue weighted by Crippen LogP contribution is 2.28. The van der Waals surface area contributed by atoms with Crippen molar-refractivity contribution in [2.24, 2.45) is 0 Å². The van der Waals surface area contributed by atoms with Crippen molar-refractivity contribution in [3.8, 4) is 5.69 Å². The van der Waals surface area contributed by atoms with Gasteiger partial charge in [-0.1, -0.05) is 66.7 Å². The lowest BCUT2D eigenvalue weighted by Crippen LogP contribution is -2.30. The summed E-state index contributed by atoms with van der Waals surface area (Å²) in [5.74, 6) is 0.375. The van der Waals surface area contributed by atoms with Gasteiger partial charge in [0.1, 0.15) is 5.82 Å². The van der Waals surface area contributed by atoms with E-state index >= 15 is 0 Å². The Bertz CT molecular complexity index is 1420. The molecular weight excluding hydrogens is 467 g/mol. The minimum atomic E-state index is -0.427. The maximum atomic E-state index is 13.7. The Labute approximate surface area is 214 Å². The van der Waals surface area contributed by atoms with E-state index in [-0.39, 0.29) is 11.7 Å². The summed E-state index contributed by atoms with van der Waals surface area (Å²) in [6, 6.07) is 35.7. The Morgan fingerprint density at radius 3 is 2.06 bits per heavy atom. The number of benzene rings is 4. The molecule has 5 rings (SSSR count). The van der Waals surface area contributed by atoms with Crippen molar-refractivity contribution in [3.05, 3.63) is 156 Å². The molecule has 0 aliphatic carbocycles. The third-order valence-corrected chi connectivity index (χ3v) is 7.05. The van der Waals surface area contributed by atoms with Gasteiger partial charge in [0, 0.05) is 23.0 Å². The number of carbonyl (C=O) groups is 1. The number of thioether (sulfide) groups is 1. The van der Waals surface area contributed by atoms with E-state index in [1.54, 1.807) is 23.9 Å². The van der Waals surface area contributed by atoms with Gasteiger partial charge in [-0.05, 0) is 65.2 Å². The van der Waals surface area contributed by atoms with E-state index in [1.165, 1.54) is 17.7 Å². The van der Waals surface area contributed by atoms with Crippen molar-refractivity contribution in [1.82, 2.24) is 9.88 Å². The Kier molecular flexibility index (Phi) is 7.29. The van der Waals surface area contributed by atoms with Crippen molar-refractivity contribution in [1.29, 1.82) is 0 Å². The van der Waals surface area contributed by atoms with Gasteiger partial charge in [-0.2, -0.15) is 0 Å². The highest BCUT2D eigenvalue weighted by atomic mass is 32.2. The van der Waals surface area contributed by atoms with Gasteiger partial charge in [-0.25, -0.2) is 4.39 Å². The molecule has 0 saturated heterocycles. The van der Waals surface area contributed by atoms with Crippen LogP contribution in [-0.2, 0) is 5.75 Å². The standard InChI is InChI=1S/C31H25FN2OS/c32-26-16-12-24(13-17-26)30(25-14-18-27(19-15-25)36-22-23-8-2-1-3-9-23)33-31(35)28-10-4-5-11-29(28)34-20-6-7-21-34/h1-21,30H,22H2,(H,33,35). The van der Waals surface area contributed by atoms with Crippen molar-refractivity contribution in [3.63, 3.8) is 0 Å². The predicted molar refractivity (Wildman–Crippen MR) is 144 cm³/mol. The average Bonchev–Trinajstić information content (AvgIpc) is 3.47. The van der Waals surface area contributed by atoms with Gasteiger partial charge in [0.05, 0.1) is 17.3 Å². The van der Waals surface area contributed by atoms with Crippen LogP contribution in [0.4, 0.5) is 4.39 Å². The predicted octanol–water partition coefficient (Wildman–Crippen LogP) is 7.43. The summed E-state index contributed by atoms with van der Waals surface area (Å²) in [6.07, 6.45) is 3.82. The number of nitrogens with zero attached hydrogens (tertiary/aromatic N) is 1. The van der Waals surface area contributed by atoms with E-state index in [4.69, 9.17) is 0 Å². The molecule has 5 aromatic rings. The van der Waals surface area contributed by atoms with Gasteiger partial charge in [0.25, 0.3) is 5.91 Å². The van der Waals surface area contributed by atoms with Gasteiger partial charge >= 0.3 is 0 Å². The second kappa shape index (κ2) is 11.1. The maximum Gasteiger partial charge on any atom is 0.254 e. The highest BCUT2D eigenvalue weighted by Gasteiger charge is 2.20. The fourth-order valence-corrected chi connectivity index (χ4v) is 4.96.